The number of nitrogens with one attached hydrogen (secondary N) is 2. The first kappa shape index (κ1) is 16.7. The highest BCUT2D eigenvalue weighted by molar-refractivity contribution is 5.98. The summed E-state index contributed by atoms with van der Waals surface area (Å²) in [7, 11) is 0. The number of rotatable bonds is 5. The molecule has 0 saturated heterocycles. The molecule has 0 fully saturated rings. The smallest absolute Gasteiger partial charge is 0.287 e. The summed E-state index contributed by atoms with van der Waals surface area (Å²) in [5, 5.41) is 6.41. The van der Waals surface area contributed by atoms with Crippen LogP contribution in [0.5, 0.6) is 0 Å². The zero-order valence-corrected chi connectivity index (χ0v) is 14.1. The molecule has 0 bridgehead atoms. The number of nitrogens with zero attached hydrogens (tertiary/aromatic N) is 1. The molecule has 2 heterocycles. The van der Waals surface area contributed by atoms with E-state index in [4.69, 9.17) is 4.42 Å². The van der Waals surface area contributed by atoms with Crippen LogP contribution in [0.3, 0.4) is 0 Å². The van der Waals surface area contributed by atoms with Gasteiger partial charge in [0.1, 0.15) is 0 Å². The van der Waals surface area contributed by atoms with Gasteiger partial charge in [0.05, 0.1) is 23.0 Å². The Morgan fingerprint density at radius 1 is 1.04 bits per heavy atom. The molecule has 1 aromatic carbocycles. The zero-order valence-electron chi connectivity index (χ0n) is 14.1. The van der Waals surface area contributed by atoms with E-state index in [1.54, 1.807) is 12.1 Å². The van der Waals surface area contributed by atoms with Crippen molar-refractivity contribution in [3.63, 3.8) is 0 Å². The van der Waals surface area contributed by atoms with Crippen LogP contribution in [0.25, 0.3) is 10.9 Å². The number of benzene rings is 1. The van der Waals surface area contributed by atoms with Crippen molar-refractivity contribution in [1.82, 2.24) is 15.6 Å². The van der Waals surface area contributed by atoms with Crippen molar-refractivity contribution in [2.45, 2.75) is 13.8 Å². The highest BCUT2D eigenvalue weighted by Gasteiger charge is 2.12. The van der Waals surface area contributed by atoms with E-state index in [9.17, 15) is 9.59 Å². The molecule has 0 aliphatic heterocycles. The molecule has 25 heavy (non-hydrogen) atoms. The molecule has 0 radical (unpaired) electrons. The number of carbonyl (C=O) groups excluding carboxylic acids is 2. The Balaban J connectivity index is 1.60. The standard InChI is InChI=1S/C19H19N3O3/c1-12-5-6-16-14(10-12)11-15(13(2)22-16)18(23)20-7-8-21-19(24)17-4-3-9-25-17/h3-6,9-11H,7-8H2,1-2H3,(H,20,23)(H,21,24). The Hall–Kier alpha value is -3.15. The lowest BCUT2D eigenvalue weighted by atomic mass is 10.1. The van der Waals surface area contributed by atoms with Gasteiger partial charge in [-0.25, -0.2) is 0 Å². The van der Waals surface area contributed by atoms with Gasteiger partial charge in [0.2, 0.25) is 0 Å². The van der Waals surface area contributed by atoms with E-state index in [1.165, 1.54) is 6.26 Å². The summed E-state index contributed by atoms with van der Waals surface area (Å²) in [6.45, 7) is 4.44. The predicted molar refractivity (Wildman–Crippen MR) is 94.6 cm³/mol. The average molecular weight is 337 g/mol. The minimum absolute atomic E-state index is 0.208. The van der Waals surface area contributed by atoms with E-state index < -0.39 is 0 Å². The molecule has 6 heteroatoms. The van der Waals surface area contributed by atoms with Crippen LogP contribution in [0, 0.1) is 13.8 Å². The van der Waals surface area contributed by atoms with Gasteiger partial charge in [-0.3, -0.25) is 14.6 Å². The van der Waals surface area contributed by atoms with Gasteiger partial charge in [0.15, 0.2) is 5.76 Å². The summed E-state index contributed by atoms with van der Waals surface area (Å²) in [6, 6.07) is 11.0. The molecule has 0 saturated carbocycles. The number of aromatic nitrogens is 1. The lowest BCUT2D eigenvalue weighted by molar-refractivity contribution is 0.0910. The highest BCUT2D eigenvalue weighted by atomic mass is 16.3. The van der Waals surface area contributed by atoms with Crippen molar-refractivity contribution in [2.75, 3.05) is 13.1 Å². The van der Waals surface area contributed by atoms with Crippen LogP contribution in [-0.4, -0.2) is 29.9 Å². The van der Waals surface area contributed by atoms with Crippen LogP contribution < -0.4 is 10.6 Å². The van der Waals surface area contributed by atoms with E-state index in [2.05, 4.69) is 15.6 Å². The molecule has 2 amide bonds. The maximum Gasteiger partial charge on any atom is 0.287 e. The van der Waals surface area contributed by atoms with Crippen LogP contribution >= 0.6 is 0 Å². The maximum atomic E-state index is 12.4. The molecule has 128 valence electrons. The first-order valence-electron chi connectivity index (χ1n) is 8.02. The Bertz CT molecular complexity index is 917. The largest absolute Gasteiger partial charge is 0.459 e. The number of furan rings is 1. The second kappa shape index (κ2) is 7.17. The minimum Gasteiger partial charge on any atom is -0.459 e. The molecule has 0 atom stereocenters. The second-order valence-corrected chi connectivity index (χ2v) is 5.81. The third-order valence-electron chi connectivity index (χ3n) is 3.85. The van der Waals surface area contributed by atoms with Gasteiger partial charge < -0.3 is 15.1 Å². The topological polar surface area (TPSA) is 84.2 Å². The molecule has 6 nitrogen and oxygen atoms in total. The second-order valence-electron chi connectivity index (χ2n) is 5.81. The molecule has 2 aromatic heterocycles. The Labute approximate surface area is 145 Å². The van der Waals surface area contributed by atoms with Crippen LogP contribution in [0.15, 0.2) is 47.1 Å². The summed E-state index contributed by atoms with van der Waals surface area (Å²) in [5.74, 6) is -0.268. The first-order chi connectivity index (χ1) is 12.0. The van der Waals surface area contributed by atoms with Crippen molar-refractivity contribution in [1.29, 1.82) is 0 Å². The number of amides is 2. The van der Waals surface area contributed by atoms with E-state index in [1.807, 2.05) is 38.1 Å². The van der Waals surface area contributed by atoms with Crippen molar-refractivity contribution in [3.8, 4) is 0 Å². The molecule has 3 rings (SSSR count). The Kier molecular flexibility index (Phi) is 4.79. The highest BCUT2D eigenvalue weighted by Crippen LogP contribution is 2.18. The monoisotopic (exact) mass is 337 g/mol. The van der Waals surface area contributed by atoms with Crippen LogP contribution in [0.1, 0.15) is 32.2 Å². The van der Waals surface area contributed by atoms with Gasteiger partial charge in [-0.2, -0.15) is 0 Å². The van der Waals surface area contributed by atoms with E-state index in [0.29, 0.717) is 24.3 Å². The molecule has 0 spiro atoms. The van der Waals surface area contributed by atoms with Crippen LogP contribution in [0.2, 0.25) is 0 Å². The van der Waals surface area contributed by atoms with Gasteiger partial charge in [-0.1, -0.05) is 11.6 Å². The molecule has 0 aliphatic rings. The number of carbonyl (C=O) groups is 2. The quantitative estimate of drug-likeness (QED) is 0.701. The molecule has 0 aliphatic carbocycles. The lowest BCUT2D eigenvalue weighted by Crippen LogP contribution is -2.34. The summed E-state index contributed by atoms with van der Waals surface area (Å²) < 4.78 is 5.00. The average Bonchev–Trinajstić information content (AvgIpc) is 3.12. The molecule has 2 N–H and O–H groups in total. The van der Waals surface area contributed by atoms with Gasteiger partial charge in [-0.15, -0.1) is 0 Å². The van der Waals surface area contributed by atoms with E-state index in [-0.39, 0.29) is 17.6 Å². The van der Waals surface area contributed by atoms with Crippen molar-refractivity contribution in [2.24, 2.45) is 0 Å². The van der Waals surface area contributed by atoms with Gasteiger partial charge >= 0.3 is 0 Å². The fourth-order valence-electron chi connectivity index (χ4n) is 2.56. The third kappa shape index (κ3) is 3.85. The zero-order chi connectivity index (χ0) is 17.8. The van der Waals surface area contributed by atoms with Gasteiger partial charge in [0.25, 0.3) is 11.8 Å². The summed E-state index contributed by atoms with van der Waals surface area (Å²) in [6.07, 6.45) is 1.44. The molecular formula is C19H19N3O3. The molecule has 3 aromatic rings. The number of hydrogen-bond donors (Lipinski definition) is 2. The lowest BCUT2D eigenvalue weighted by Gasteiger charge is -2.09. The van der Waals surface area contributed by atoms with Gasteiger partial charge in [0, 0.05) is 18.5 Å². The van der Waals surface area contributed by atoms with Crippen LogP contribution in [-0.2, 0) is 0 Å². The number of aryl methyl sites for hydroxylation is 2. The Morgan fingerprint density at radius 2 is 1.80 bits per heavy atom. The number of fused-ring (bicyclic) bond motifs is 1. The fraction of sp³-hybridized carbons (Fsp3) is 0.211. The number of pyridine rings is 1. The summed E-state index contributed by atoms with van der Waals surface area (Å²) in [4.78, 5) is 28.6. The predicted octanol–water partition coefficient (Wildman–Crippen LogP) is 2.60. The maximum absolute atomic E-state index is 12.4. The van der Waals surface area contributed by atoms with Crippen LogP contribution in [0.4, 0.5) is 0 Å². The molecular weight excluding hydrogens is 318 g/mol. The Morgan fingerprint density at radius 3 is 2.52 bits per heavy atom. The van der Waals surface area contributed by atoms with Crippen molar-refractivity contribution >= 4 is 22.7 Å². The minimum atomic E-state index is -0.307. The summed E-state index contributed by atoms with van der Waals surface area (Å²) >= 11 is 0. The SMILES string of the molecule is Cc1ccc2nc(C)c(C(=O)NCCNC(=O)c3ccco3)cc2c1. The van der Waals surface area contributed by atoms with E-state index in [0.717, 1.165) is 16.5 Å². The number of hydrogen-bond acceptors (Lipinski definition) is 4. The van der Waals surface area contributed by atoms with Gasteiger partial charge in [-0.05, 0) is 44.2 Å². The first-order valence-corrected chi connectivity index (χ1v) is 8.02. The normalized spacial score (nSPS) is 10.6. The fourth-order valence-corrected chi connectivity index (χ4v) is 2.56. The van der Waals surface area contributed by atoms with Crippen molar-refractivity contribution < 1.29 is 14.0 Å². The third-order valence-corrected chi connectivity index (χ3v) is 3.85. The molecule has 0 unspecified atom stereocenters. The van der Waals surface area contributed by atoms with Crippen molar-refractivity contribution in [3.05, 3.63) is 65.2 Å². The summed E-state index contributed by atoms with van der Waals surface area (Å²) in [5.41, 5.74) is 3.19. The van der Waals surface area contributed by atoms with E-state index >= 15 is 0 Å².